The Morgan fingerprint density at radius 1 is 1.29 bits per heavy atom. The van der Waals surface area contributed by atoms with Gasteiger partial charge in [-0.05, 0) is 37.0 Å². The Hall–Kier alpha value is -1.55. The molecule has 1 aromatic carbocycles. The average molecular weight is 312 g/mol. The average Bonchev–Trinajstić information content (AvgIpc) is 2.41. The molecule has 116 valence electrons. The van der Waals surface area contributed by atoms with Crippen LogP contribution in [-0.2, 0) is 16.0 Å². The summed E-state index contributed by atoms with van der Waals surface area (Å²) in [5.74, 6) is -0.659. The zero-order valence-electron chi connectivity index (χ0n) is 12.5. The molecule has 0 aliphatic carbocycles. The molecule has 1 amide bonds. The first-order valence-corrected chi connectivity index (χ1v) is 7.54. The summed E-state index contributed by atoms with van der Waals surface area (Å²) in [5.41, 5.74) is 1.15. The third-order valence-electron chi connectivity index (χ3n) is 3.35. The number of amides is 1. The summed E-state index contributed by atoms with van der Waals surface area (Å²) in [6.45, 7) is 4.71. The van der Waals surface area contributed by atoms with E-state index in [9.17, 15) is 9.59 Å². The van der Waals surface area contributed by atoms with Gasteiger partial charge < -0.3 is 10.0 Å². The Morgan fingerprint density at radius 3 is 2.43 bits per heavy atom. The Kier molecular flexibility index (Phi) is 7.23. The molecule has 0 fully saturated rings. The molecule has 0 saturated heterocycles. The summed E-state index contributed by atoms with van der Waals surface area (Å²) in [5, 5.41) is 9.39. The SMILES string of the molecule is CCN(CCC(=O)O)C(=O)CC(C)Cc1ccc(Cl)cc1. The van der Waals surface area contributed by atoms with Gasteiger partial charge in [-0.25, -0.2) is 0 Å². The number of carbonyl (C=O) groups is 2. The molecular formula is C16H22ClNO3. The van der Waals surface area contributed by atoms with Crippen LogP contribution in [0.4, 0.5) is 0 Å². The maximum Gasteiger partial charge on any atom is 0.305 e. The topological polar surface area (TPSA) is 57.6 Å². The Morgan fingerprint density at radius 2 is 1.90 bits per heavy atom. The van der Waals surface area contributed by atoms with Crippen LogP contribution in [-0.4, -0.2) is 35.0 Å². The minimum Gasteiger partial charge on any atom is -0.481 e. The zero-order valence-corrected chi connectivity index (χ0v) is 13.3. The number of halogens is 1. The smallest absolute Gasteiger partial charge is 0.305 e. The molecule has 1 N–H and O–H groups in total. The van der Waals surface area contributed by atoms with Crippen LogP contribution in [0.2, 0.25) is 5.02 Å². The van der Waals surface area contributed by atoms with Crippen LogP contribution in [0, 0.1) is 5.92 Å². The van der Waals surface area contributed by atoms with Crippen LogP contribution >= 0.6 is 11.6 Å². The maximum absolute atomic E-state index is 12.2. The van der Waals surface area contributed by atoms with Gasteiger partial charge in [-0.2, -0.15) is 0 Å². The fourth-order valence-electron chi connectivity index (χ4n) is 2.21. The van der Waals surface area contributed by atoms with Gasteiger partial charge in [0, 0.05) is 24.5 Å². The van der Waals surface area contributed by atoms with Crippen LogP contribution < -0.4 is 0 Å². The Balaban J connectivity index is 2.48. The molecule has 1 rings (SSSR count). The second-order valence-electron chi connectivity index (χ2n) is 5.26. The van der Waals surface area contributed by atoms with Crippen LogP contribution in [0.1, 0.15) is 32.3 Å². The molecule has 0 spiro atoms. The first-order chi connectivity index (χ1) is 9.92. The molecule has 21 heavy (non-hydrogen) atoms. The normalized spacial score (nSPS) is 12.0. The molecule has 0 bridgehead atoms. The van der Waals surface area contributed by atoms with Crippen molar-refractivity contribution in [2.24, 2.45) is 5.92 Å². The molecule has 0 saturated carbocycles. The van der Waals surface area contributed by atoms with E-state index in [-0.39, 0.29) is 24.8 Å². The van der Waals surface area contributed by atoms with E-state index in [0.29, 0.717) is 18.0 Å². The molecular weight excluding hydrogens is 290 g/mol. The summed E-state index contributed by atoms with van der Waals surface area (Å²) >= 11 is 5.84. The van der Waals surface area contributed by atoms with Crippen molar-refractivity contribution in [3.63, 3.8) is 0 Å². The van der Waals surface area contributed by atoms with E-state index in [4.69, 9.17) is 16.7 Å². The van der Waals surface area contributed by atoms with E-state index in [1.165, 1.54) is 0 Å². The molecule has 0 aromatic heterocycles. The summed E-state index contributed by atoms with van der Waals surface area (Å²) in [6.07, 6.45) is 1.22. The standard InChI is InChI=1S/C16H22ClNO3/c1-3-18(9-8-16(20)21)15(19)11-12(2)10-13-4-6-14(17)7-5-13/h4-7,12H,3,8-11H2,1-2H3,(H,20,21). The lowest BCUT2D eigenvalue weighted by atomic mass is 9.97. The van der Waals surface area contributed by atoms with Crippen molar-refractivity contribution >= 4 is 23.5 Å². The minimum atomic E-state index is -0.879. The third kappa shape index (κ3) is 6.63. The van der Waals surface area contributed by atoms with Crippen molar-refractivity contribution < 1.29 is 14.7 Å². The fourth-order valence-corrected chi connectivity index (χ4v) is 2.34. The highest BCUT2D eigenvalue weighted by Crippen LogP contribution is 2.16. The van der Waals surface area contributed by atoms with E-state index >= 15 is 0 Å². The van der Waals surface area contributed by atoms with Crippen LogP contribution in [0.3, 0.4) is 0 Å². The first kappa shape index (κ1) is 17.5. The highest BCUT2D eigenvalue weighted by molar-refractivity contribution is 6.30. The summed E-state index contributed by atoms with van der Waals surface area (Å²) in [6, 6.07) is 7.62. The van der Waals surface area contributed by atoms with E-state index < -0.39 is 5.97 Å². The van der Waals surface area contributed by atoms with Crippen molar-refractivity contribution in [3.05, 3.63) is 34.9 Å². The van der Waals surface area contributed by atoms with Gasteiger partial charge in [0.05, 0.1) is 6.42 Å². The maximum atomic E-state index is 12.2. The van der Waals surface area contributed by atoms with E-state index in [2.05, 4.69) is 0 Å². The summed E-state index contributed by atoms with van der Waals surface area (Å²) in [4.78, 5) is 24.3. The van der Waals surface area contributed by atoms with E-state index in [0.717, 1.165) is 12.0 Å². The predicted octanol–water partition coefficient (Wildman–Crippen LogP) is 3.23. The molecule has 1 unspecified atom stereocenters. The van der Waals surface area contributed by atoms with Crippen molar-refractivity contribution in [1.82, 2.24) is 4.90 Å². The van der Waals surface area contributed by atoms with Gasteiger partial charge in [-0.3, -0.25) is 9.59 Å². The minimum absolute atomic E-state index is 0.00878. The van der Waals surface area contributed by atoms with Gasteiger partial charge in [0.25, 0.3) is 0 Å². The van der Waals surface area contributed by atoms with E-state index in [1.54, 1.807) is 4.90 Å². The molecule has 0 radical (unpaired) electrons. The summed E-state index contributed by atoms with van der Waals surface area (Å²) < 4.78 is 0. The lowest BCUT2D eigenvalue weighted by molar-refractivity contribution is -0.138. The second-order valence-corrected chi connectivity index (χ2v) is 5.69. The Labute approximate surface area is 130 Å². The zero-order chi connectivity index (χ0) is 15.8. The number of hydrogen-bond acceptors (Lipinski definition) is 2. The molecule has 4 nitrogen and oxygen atoms in total. The van der Waals surface area contributed by atoms with Crippen molar-refractivity contribution in [2.75, 3.05) is 13.1 Å². The van der Waals surface area contributed by atoms with Gasteiger partial charge in [0.2, 0.25) is 5.91 Å². The van der Waals surface area contributed by atoms with Crippen molar-refractivity contribution in [1.29, 1.82) is 0 Å². The van der Waals surface area contributed by atoms with Gasteiger partial charge in [0.1, 0.15) is 0 Å². The van der Waals surface area contributed by atoms with Crippen LogP contribution in [0.15, 0.2) is 24.3 Å². The fraction of sp³-hybridized carbons (Fsp3) is 0.500. The number of rotatable bonds is 8. The van der Waals surface area contributed by atoms with Crippen molar-refractivity contribution in [3.8, 4) is 0 Å². The second kappa shape index (κ2) is 8.67. The lowest BCUT2D eigenvalue weighted by Crippen LogP contribution is -2.33. The number of carbonyl (C=O) groups excluding carboxylic acids is 1. The summed E-state index contributed by atoms with van der Waals surface area (Å²) in [7, 11) is 0. The molecule has 1 aromatic rings. The molecule has 5 heteroatoms. The number of hydrogen-bond donors (Lipinski definition) is 1. The van der Waals surface area contributed by atoms with Crippen LogP contribution in [0.25, 0.3) is 0 Å². The monoisotopic (exact) mass is 311 g/mol. The quantitative estimate of drug-likeness (QED) is 0.802. The van der Waals surface area contributed by atoms with Crippen LogP contribution in [0.5, 0.6) is 0 Å². The molecule has 0 aliphatic rings. The van der Waals surface area contributed by atoms with Gasteiger partial charge in [-0.1, -0.05) is 30.7 Å². The number of aliphatic carboxylic acids is 1. The van der Waals surface area contributed by atoms with Gasteiger partial charge in [0.15, 0.2) is 0 Å². The number of nitrogens with zero attached hydrogens (tertiary/aromatic N) is 1. The molecule has 0 heterocycles. The highest BCUT2D eigenvalue weighted by atomic mass is 35.5. The highest BCUT2D eigenvalue weighted by Gasteiger charge is 2.16. The van der Waals surface area contributed by atoms with Gasteiger partial charge >= 0.3 is 5.97 Å². The third-order valence-corrected chi connectivity index (χ3v) is 3.60. The number of carboxylic acids is 1. The lowest BCUT2D eigenvalue weighted by Gasteiger charge is -2.22. The van der Waals surface area contributed by atoms with Gasteiger partial charge in [-0.15, -0.1) is 0 Å². The first-order valence-electron chi connectivity index (χ1n) is 7.16. The largest absolute Gasteiger partial charge is 0.481 e. The number of carboxylic acid groups (broad SMARTS) is 1. The van der Waals surface area contributed by atoms with E-state index in [1.807, 2.05) is 38.1 Å². The molecule has 1 atom stereocenters. The molecule has 0 aliphatic heterocycles. The number of benzene rings is 1. The van der Waals surface area contributed by atoms with Crippen molar-refractivity contribution in [2.45, 2.75) is 33.1 Å². The predicted molar refractivity (Wildman–Crippen MR) is 83.4 cm³/mol. The Bertz CT molecular complexity index is 473.